The van der Waals surface area contributed by atoms with Crippen molar-refractivity contribution < 1.29 is 9.47 Å². The molecular formula is C8H11N3O2. The minimum atomic E-state index is 0.397. The molecule has 0 aliphatic heterocycles. The van der Waals surface area contributed by atoms with Crippen molar-refractivity contribution >= 4 is 11.4 Å². The van der Waals surface area contributed by atoms with E-state index in [0.717, 1.165) is 0 Å². The van der Waals surface area contributed by atoms with E-state index in [1.807, 2.05) is 0 Å². The van der Waals surface area contributed by atoms with Gasteiger partial charge in [-0.15, -0.1) is 0 Å². The summed E-state index contributed by atoms with van der Waals surface area (Å²) in [5, 5.41) is 3.28. The number of nitrogen functional groups attached to an aromatic ring is 1. The average Bonchev–Trinajstić information content (AvgIpc) is 2.17. The molecule has 13 heavy (non-hydrogen) atoms. The van der Waals surface area contributed by atoms with E-state index in [1.54, 1.807) is 12.1 Å². The van der Waals surface area contributed by atoms with Crippen LogP contribution in [0.2, 0.25) is 0 Å². The molecule has 5 nitrogen and oxygen atoms in total. The Morgan fingerprint density at radius 3 is 2.31 bits per heavy atom. The molecule has 1 aromatic carbocycles. The zero-order valence-electron chi connectivity index (χ0n) is 7.50. The smallest absolute Gasteiger partial charge is 0.148 e. The lowest BCUT2D eigenvalue weighted by atomic mass is 10.2. The van der Waals surface area contributed by atoms with E-state index < -0.39 is 0 Å². The normalized spacial score (nSPS) is 9.38. The highest BCUT2D eigenvalue weighted by atomic mass is 16.5. The summed E-state index contributed by atoms with van der Waals surface area (Å²) in [6.07, 6.45) is 0. The van der Waals surface area contributed by atoms with E-state index in [1.165, 1.54) is 14.2 Å². The van der Waals surface area contributed by atoms with Gasteiger partial charge < -0.3 is 15.2 Å². The van der Waals surface area contributed by atoms with E-state index in [-0.39, 0.29) is 0 Å². The van der Waals surface area contributed by atoms with Crippen molar-refractivity contribution in [3.05, 3.63) is 12.1 Å². The van der Waals surface area contributed by atoms with Crippen LogP contribution in [0.3, 0.4) is 0 Å². The van der Waals surface area contributed by atoms with Gasteiger partial charge in [0, 0.05) is 12.1 Å². The molecule has 0 spiro atoms. The van der Waals surface area contributed by atoms with Crippen molar-refractivity contribution in [1.29, 1.82) is 5.53 Å². The molecular weight excluding hydrogens is 170 g/mol. The Labute approximate surface area is 76.0 Å². The Bertz CT molecular complexity index is 325. The van der Waals surface area contributed by atoms with Gasteiger partial charge in [-0.1, -0.05) is 0 Å². The van der Waals surface area contributed by atoms with E-state index in [2.05, 4.69) is 5.11 Å². The molecule has 0 amide bonds. The summed E-state index contributed by atoms with van der Waals surface area (Å²) >= 11 is 0. The van der Waals surface area contributed by atoms with Gasteiger partial charge >= 0.3 is 0 Å². The van der Waals surface area contributed by atoms with E-state index >= 15 is 0 Å². The minimum absolute atomic E-state index is 0.397. The Kier molecular flexibility index (Phi) is 2.69. The molecule has 0 aliphatic carbocycles. The summed E-state index contributed by atoms with van der Waals surface area (Å²) in [7, 11) is 3.00. The van der Waals surface area contributed by atoms with Crippen molar-refractivity contribution in [2.24, 2.45) is 5.11 Å². The fraction of sp³-hybridized carbons (Fsp3) is 0.250. The summed E-state index contributed by atoms with van der Waals surface area (Å²) in [6, 6.07) is 3.13. The van der Waals surface area contributed by atoms with Gasteiger partial charge in [0.05, 0.1) is 19.9 Å². The van der Waals surface area contributed by atoms with E-state index in [4.69, 9.17) is 20.7 Å². The van der Waals surface area contributed by atoms with Gasteiger partial charge in [-0.3, -0.25) is 0 Å². The molecule has 3 N–H and O–H groups in total. The quantitative estimate of drug-likeness (QED) is 0.552. The van der Waals surface area contributed by atoms with Gasteiger partial charge in [-0.2, -0.15) is 5.11 Å². The van der Waals surface area contributed by atoms with Crippen LogP contribution in [0.15, 0.2) is 17.2 Å². The summed E-state index contributed by atoms with van der Waals surface area (Å²) < 4.78 is 9.93. The monoisotopic (exact) mass is 181 g/mol. The second kappa shape index (κ2) is 3.75. The second-order valence-electron chi connectivity index (χ2n) is 2.38. The summed E-state index contributed by atoms with van der Waals surface area (Å²) in [5.74, 6) is 0.958. The van der Waals surface area contributed by atoms with Crippen LogP contribution in [-0.2, 0) is 0 Å². The van der Waals surface area contributed by atoms with Crippen molar-refractivity contribution in [3.63, 3.8) is 0 Å². The Hall–Kier alpha value is -1.78. The van der Waals surface area contributed by atoms with Gasteiger partial charge in [0.25, 0.3) is 0 Å². The zero-order chi connectivity index (χ0) is 9.84. The number of hydrogen-bond acceptors (Lipinski definition) is 5. The molecule has 0 atom stereocenters. The Morgan fingerprint density at radius 1 is 1.23 bits per heavy atom. The second-order valence-corrected chi connectivity index (χ2v) is 2.38. The standard InChI is InChI=1S/C8H11N3O2/c1-12-7-4-6(11-10)8(13-2)3-5(7)9/h3-4,10H,9H2,1-2H3. The molecule has 5 heteroatoms. The average molecular weight is 181 g/mol. The molecule has 0 radical (unpaired) electrons. The molecule has 1 aromatic rings. The van der Waals surface area contributed by atoms with E-state index in [9.17, 15) is 0 Å². The third kappa shape index (κ3) is 1.69. The summed E-state index contributed by atoms with van der Waals surface area (Å²) in [6.45, 7) is 0. The van der Waals surface area contributed by atoms with Crippen molar-refractivity contribution in [3.8, 4) is 11.5 Å². The molecule has 1 rings (SSSR count). The number of nitrogens with zero attached hydrogens (tertiary/aromatic N) is 1. The first-order valence-corrected chi connectivity index (χ1v) is 3.62. The molecule has 0 saturated carbocycles. The van der Waals surface area contributed by atoms with Gasteiger partial charge in [0.15, 0.2) is 0 Å². The van der Waals surface area contributed by atoms with Crippen LogP contribution < -0.4 is 15.2 Å². The molecule has 70 valence electrons. The molecule has 0 aromatic heterocycles. The first kappa shape index (κ1) is 9.31. The highest BCUT2D eigenvalue weighted by molar-refractivity contribution is 5.66. The van der Waals surface area contributed by atoms with Gasteiger partial charge in [-0.25, -0.2) is 5.53 Å². The van der Waals surface area contributed by atoms with Crippen LogP contribution in [0.4, 0.5) is 11.4 Å². The van der Waals surface area contributed by atoms with Crippen LogP contribution in [0, 0.1) is 5.53 Å². The van der Waals surface area contributed by atoms with Crippen LogP contribution in [0.25, 0.3) is 0 Å². The van der Waals surface area contributed by atoms with Crippen LogP contribution in [0.5, 0.6) is 11.5 Å². The maximum Gasteiger partial charge on any atom is 0.148 e. The Morgan fingerprint density at radius 2 is 1.85 bits per heavy atom. The maximum atomic E-state index is 6.88. The molecule has 0 heterocycles. The van der Waals surface area contributed by atoms with Crippen molar-refractivity contribution in [1.82, 2.24) is 0 Å². The van der Waals surface area contributed by atoms with Gasteiger partial charge in [0.2, 0.25) is 0 Å². The number of ether oxygens (including phenoxy) is 2. The third-order valence-corrected chi connectivity index (χ3v) is 1.65. The maximum absolute atomic E-state index is 6.88. The third-order valence-electron chi connectivity index (χ3n) is 1.65. The van der Waals surface area contributed by atoms with Crippen molar-refractivity contribution in [2.45, 2.75) is 0 Å². The Balaban J connectivity index is 3.26. The molecule has 0 bridgehead atoms. The number of nitrogens with one attached hydrogen (secondary N) is 1. The van der Waals surface area contributed by atoms with E-state index in [0.29, 0.717) is 22.9 Å². The molecule has 0 unspecified atom stereocenters. The lowest BCUT2D eigenvalue weighted by Crippen LogP contribution is -1.93. The molecule has 0 fully saturated rings. The highest BCUT2D eigenvalue weighted by Crippen LogP contribution is 2.35. The topological polar surface area (TPSA) is 80.7 Å². The first-order chi connectivity index (χ1) is 6.22. The fourth-order valence-corrected chi connectivity index (χ4v) is 0.993. The number of hydrogen-bond donors (Lipinski definition) is 2. The number of rotatable bonds is 3. The molecule has 0 saturated heterocycles. The lowest BCUT2D eigenvalue weighted by molar-refractivity contribution is 0.405. The highest BCUT2D eigenvalue weighted by Gasteiger charge is 2.07. The fourth-order valence-electron chi connectivity index (χ4n) is 0.993. The van der Waals surface area contributed by atoms with Gasteiger partial charge in [-0.05, 0) is 0 Å². The van der Waals surface area contributed by atoms with Gasteiger partial charge in [0.1, 0.15) is 17.2 Å². The zero-order valence-corrected chi connectivity index (χ0v) is 7.50. The van der Waals surface area contributed by atoms with Crippen LogP contribution in [0.1, 0.15) is 0 Å². The van der Waals surface area contributed by atoms with Crippen LogP contribution in [-0.4, -0.2) is 14.2 Å². The number of anilines is 1. The number of nitrogens with two attached hydrogens (primary N) is 1. The predicted molar refractivity (Wildman–Crippen MR) is 48.8 cm³/mol. The number of benzene rings is 1. The summed E-state index contributed by atoms with van der Waals surface area (Å²) in [5.41, 5.74) is 13.4. The minimum Gasteiger partial charge on any atom is -0.495 e. The lowest BCUT2D eigenvalue weighted by Gasteiger charge is -2.08. The van der Waals surface area contributed by atoms with Crippen LogP contribution >= 0.6 is 0 Å². The molecule has 0 aliphatic rings. The predicted octanol–water partition coefficient (Wildman–Crippen LogP) is 1.95. The number of methoxy groups -OCH3 is 2. The SMILES string of the molecule is COc1cc(N=N)c(OC)cc1N. The van der Waals surface area contributed by atoms with Crippen molar-refractivity contribution in [2.75, 3.05) is 20.0 Å². The summed E-state index contributed by atoms with van der Waals surface area (Å²) in [4.78, 5) is 0. The largest absolute Gasteiger partial charge is 0.495 e. The first-order valence-electron chi connectivity index (χ1n) is 3.62.